The molecule has 2 aromatic carbocycles. The molecule has 0 aromatic heterocycles. The number of sulfone groups is 1. The lowest BCUT2D eigenvalue weighted by atomic mass is 9.71. The van der Waals surface area contributed by atoms with Gasteiger partial charge in [-0.1, -0.05) is 18.5 Å². The minimum atomic E-state index is -4.11. The van der Waals surface area contributed by atoms with Crippen molar-refractivity contribution in [3.63, 3.8) is 0 Å². The normalized spacial score (nSPS) is 27.6. The van der Waals surface area contributed by atoms with Crippen molar-refractivity contribution in [2.24, 2.45) is 17.8 Å². The van der Waals surface area contributed by atoms with Crippen molar-refractivity contribution in [1.29, 1.82) is 0 Å². The van der Waals surface area contributed by atoms with Gasteiger partial charge < -0.3 is 15.5 Å². The average molecular weight is 546 g/mol. The number of carbonyl (C=O) groups excluding carboxylic acids is 1. The fraction of sp³-hybridized carbons (Fsp3) is 0.417. The Balaban J connectivity index is 1.61. The molecule has 36 heavy (non-hydrogen) atoms. The Kier molecular flexibility index (Phi) is 6.87. The third kappa shape index (κ3) is 4.59. The molecule has 1 amide bonds. The Bertz CT molecular complexity index is 1330. The maximum atomic E-state index is 13.6. The topological polar surface area (TPSA) is 121 Å². The van der Waals surface area contributed by atoms with Gasteiger partial charge in [-0.3, -0.25) is 9.59 Å². The molecule has 2 fully saturated rings. The van der Waals surface area contributed by atoms with Gasteiger partial charge in [0.05, 0.1) is 27.2 Å². The lowest BCUT2D eigenvalue weighted by Gasteiger charge is -2.42. The number of rotatable bonds is 6. The van der Waals surface area contributed by atoms with Crippen molar-refractivity contribution in [3.8, 4) is 0 Å². The first kappa shape index (κ1) is 26.4. The summed E-state index contributed by atoms with van der Waals surface area (Å²) in [5.74, 6) is -7.92. The molecular formula is C24H23ClF3NO6S. The summed E-state index contributed by atoms with van der Waals surface area (Å²) in [5.41, 5.74) is -2.04. The molecule has 3 N–H and O–H groups in total. The molecule has 0 saturated heterocycles. The van der Waals surface area contributed by atoms with Crippen molar-refractivity contribution in [1.82, 2.24) is 0 Å². The van der Waals surface area contributed by atoms with Gasteiger partial charge in [0.1, 0.15) is 0 Å². The second-order valence-corrected chi connectivity index (χ2v) is 12.2. The van der Waals surface area contributed by atoms with Crippen LogP contribution in [0, 0.1) is 35.2 Å². The maximum absolute atomic E-state index is 13.6. The predicted octanol–water partition coefficient (Wildman–Crippen LogP) is 4.42. The molecule has 2 saturated carbocycles. The predicted molar refractivity (Wildman–Crippen MR) is 124 cm³/mol. The Hall–Kier alpha value is -2.63. The average Bonchev–Trinajstić information content (AvgIpc) is 2.90. The number of carboxylic acids is 1. The van der Waals surface area contributed by atoms with E-state index in [9.17, 15) is 41.4 Å². The first-order chi connectivity index (χ1) is 16.7. The minimum absolute atomic E-state index is 0.0324. The molecule has 12 heteroatoms. The number of halogens is 4. The van der Waals surface area contributed by atoms with Crippen molar-refractivity contribution < 1.29 is 41.4 Å². The first-order valence-corrected chi connectivity index (χ1v) is 13.1. The largest absolute Gasteiger partial charge is 0.481 e. The number of carbonyl (C=O) groups is 2. The van der Waals surface area contributed by atoms with Gasteiger partial charge in [0.25, 0.3) is 5.91 Å². The van der Waals surface area contributed by atoms with E-state index in [1.165, 1.54) is 12.1 Å². The molecule has 2 aromatic rings. The summed E-state index contributed by atoms with van der Waals surface area (Å²) in [7, 11) is -4.11. The summed E-state index contributed by atoms with van der Waals surface area (Å²) in [6.45, 7) is 1.85. The molecule has 5 atom stereocenters. The Morgan fingerprint density at radius 1 is 1.11 bits per heavy atom. The third-order valence-electron chi connectivity index (χ3n) is 7.37. The molecule has 0 aliphatic heterocycles. The number of fused-ring (bicyclic) bond motifs is 2. The number of carboxylic acid groups (broad SMARTS) is 1. The fourth-order valence-corrected chi connectivity index (χ4v) is 8.07. The lowest BCUT2D eigenvalue weighted by molar-refractivity contribution is -0.149. The van der Waals surface area contributed by atoms with Crippen LogP contribution in [-0.2, 0) is 14.6 Å². The molecule has 2 aliphatic rings. The van der Waals surface area contributed by atoms with Gasteiger partial charge in [-0.25, -0.2) is 21.6 Å². The van der Waals surface area contributed by atoms with Crippen LogP contribution in [0.1, 0.15) is 43.0 Å². The monoisotopic (exact) mass is 545 g/mol. The van der Waals surface area contributed by atoms with E-state index in [1.807, 2.05) is 6.92 Å². The van der Waals surface area contributed by atoms with Crippen LogP contribution >= 0.6 is 11.6 Å². The van der Waals surface area contributed by atoms with Crippen molar-refractivity contribution in [2.75, 3.05) is 5.32 Å². The second kappa shape index (κ2) is 9.35. The summed E-state index contributed by atoms with van der Waals surface area (Å²) in [6.07, 6.45) is 0.0837. The van der Waals surface area contributed by atoms with Gasteiger partial charge in [-0.05, 0) is 55.2 Å². The summed E-state index contributed by atoms with van der Waals surface area (Å²) < 4.78 is 67.3. The number of amides is 1. The minimum Gasteiger partial charge on any atom is -0.481 e. The molecule has 2 unspecified atom stereocenters. The van der Waals surface area contributed by atoms with Gasteiger partial charge in [0.2, 0.25) is 0 Å². The summed E-state index contributed by atoms with van der Waals surface area (Å²) in [4.78, 5) is 23.7. The number of nitrogens with one attached hydrogen (secondary N) is 1. The zero-order chi connectivity index (χ0) is 26.6. The number of hydrogen-bond donors (Lipinski definition) is 3. The van der Waals surface area contributed by atoms with Crippen LogP contribution in [0.4, 0.5) is 18.9 Å². The first-order valence-electron chi connectivity index (χ1n) is 11.2. The molecule has 2 aliphatic carbocycles. The Labute approximate surface area is 210 Å². The number of aliphatic carboxylic acids is 1. The van der Waals surface area contributed by atoms with Crippen LogP contribution in [0.15, 0.2) is 35.2 Å². The van der Waals surface area contributed by atoms with Gasteiger partial charge in [0, 0.05) is 23.4 Å². The third-order valence-corrected chi connectivity index (χ3v) is 10.0. The van der Waals surface area contributed by atoms with Crippen LogP contribution in [0.5, 0.6) is 0 Å². The maximum Gasteiger partial charge on any atom is 0.306 e. The highest BCUT2D eigenvalue weighted by Gasteiger charge is 2.59. The van der Waals surface area contributed by atoms with E-state index in [0.717, 1.165) is 6.07 Å². The van der Waals surface area contributed by atoms with E-state index >= 15 is 0 Å². The second-order valence-electron chi connectivity index (χ2n) is 9.57. The molecule has 7 nitrogen and oxygen atoms in total. The zero-order valence-corrected chi connectivity index (χ0v) is 20.5. The van der Waals surface area contributed by atoms with E-state index < -0.39 is 68.3 Å². The molecule has 2 bridgehead atoms. The van der Waals surface area contributed by atoms with E-state index in [-0.39, 0.29) is 39.9 Å². The van der Waals surface area contributed by atoms with Gasteiger partial charge in [-0.15, -0.1) is 0 Å². The van der Waals surface area contributed by atoms with Crippen LogP contribution in [0.2, 0.25) is 5.02 Å². The number of anilines is 1. The smallest absolute Gasteiger partial charge is 0.306 e. The van der Waals surface area contributed by atoms with Crippen LogP contribution in [0.3, 0.4) is 0 Å². The quantitative estimate of drug-likeness (QED) is 0.462. The highest BCUT2D eigenvalue weighted by molar-refractivity contribution is 7.92. The standard InChI is InChI=1S/C24H23ClF3NO6S/c1-11-4-13-6-15(9-16(11)24(13,33)10-21(30)31)36(34,35)20-5-12(2-3-17(20)25)23(32)29-14-7-18(26)22(28)19(27)8-14/h2-3,5,7-8,11,13,15-16,33H,4,6,9-10H2,1H3,(H,29,32)(H,30,31)/t11-,13?,15+,16?,24+/m0/s1. The Morgan fingerprint density at radius 3 is 2.33 bits per heavy atom. The van der Waals surface area contributed by atoms with Crippen LogP contribution < -0.4 is 5.32 Å². The molecule has 0 spiro atoms. The van der Waals surface area contributed by atoms with Crippen LogP contribution in [-0.4, -0.2) is 41.4 Å². The van der Waals surface area contributed by atoms with Gasteiger partial charge >= 0.3 is 5.97 Å². The summed E-state index contributed by atoms with van der Waals surface area (Å²) in [6, 6.07) is 4.65. The lowest BCUT2D eigenvalue weighted by Crippen LogP contribution is -2.50. The van der Waals surface area contributed by atoms with E-state index in [2.05, 4.69) is 5.32 Å². The highest BCUT2D eigenvalue weighted by Crippen LogP contribution is 2.56. The van der Waals surface area contributed by atoms with E-state index in [4.69, 9.17) is 11.6 Å². The molecule has 194 valence electrons. The fourth-order valence-electron chi connectivity index (χ4n) is 5.69. The highest BCUT2D eigenvalue weighted by atomic mass is 35.5. The SMILES string of the molecule is C[C@H]1CC2C[C@@H](S(=O)(=O)c3cc(C(=O)Nc4cc(F)c(F)c(F)c4)ccc3Cl)CC1[C@@]2(O)CC(=O)O. The summed E-state index contributed by atoms with van der Waals surface area (Å²) in [5, 5.41) is 21.5. The van der Waals surface area contributed by atoms with Crippen LogP contribution in [0.25, 0.3) is 0 Å². The Morgan fingerprint density at radius 2 is 1.75 bits per heavy atom. The van der Waals surface area contributed by atoms with Crippen molar-refractivity contribution >= 4 is 39.0 Å². The number of benzene rings is 2. The van der Waals surface area contributed by atoms with Gasteiger partial charge in [-0.2, -0.15) is 0 Å². The number of hydrogen-bond acceptors (Lipinski definition) is 5. The summed E-state index contributed by atoms with van der Waals surface area (Å²) >= 11 is 6.19. The van der Waals surface area contributed by atoms with E-state index in [0.29, 0.717) is 18.6 Å². The number of aliphatic hydroxyl groups is 1. The molecular weight excluding hydrogens is 523 g/mol. The zero-order valence-electron chi connectivity index (χ0n) is 19.0. The molecule has 0 radical (unpaired) electrons. The van der Waals surface area contributed by atoms with Crippen molar-refractivity contribution in [3.05, 3.63) is 58.4 Å². The van der Waals surface area contributed by atoms with E-state index in [1.54, 1.807) is 0 Å². The molecule has 4 rings (SSSR count). The molecule has 0 heterocycles. The van der Waals surface area contributed by atoms with Crippen molar-refractivity contribution in [2.45, 2.75) is 48.4 Å². The van der Waals surface area contributed by atoms with Gasteiger partial charge in [0.15, 0.2) is 27.3 Å².